The Morgan fingerprint density at radius 3 is 2.87 bits per heavy atom. The van der Waals surface area contributed by atoms with Crippen molar-refractivity contribution in [2.75, 3.05) is 0 Å². The number of rotatable bonds is 2. The summed E-state index contributed by atoms with van der Waals surface area (Å²) in [7, 11) is 0. The highest BCUT2D eigenvalue weighted by atomic mass is 79.9. The third-order valence-electron chi connectivity index (χ3n) is 2.27. The van der Waals surface area contributed by atoms with Crippen molar-refractivity contribution in [1.82, 2.24) is 10.2 Å². The Bertz CT molecular complexity index is 482. The Morgan fingerprint density at radius 1 is 1.47 bits per heavy atom. The van der Waals surface area contributed by atoms with Gasteiger partial charge in [-0.25, -0.2) is 0 Å². The molecule has 80 valence electrons. The summed E-state index contributed by atoms with van der Waals surface area (Å²) in [5.74, 6) is 0. The summed E-state index contributed by atoms with van der Waals surface area (Å²) < 4.78 is 0.925. The molecular formula is C11H14BrN3. The van der Waals surface area contributed by atoms with Gasteiger partial charge >= 0.3 is 0 Å². The zero-order valence-electron chi connectivity index (χ0n) is 8.84. The zero-order valence-corrected chi connectivity index (χ0v) is 10.4. The van der Waals surface area contributed by atoms with E-state index in [9.17, 15) is 0 Å². The van der Waals surface area contributed by atoms with Crippen molar-refractivity contribution in [3.05, 3.63) is 28.4 Å². The van der Waals surface area contributed by atoms with E-state index in [0.717, 1.165) is 21.9 Å². The molecule has 0 radical (unpaired) electrons. The van der Waals surface area contributed by atoms with Crippen molar-refractivity contribution in [2.24, 2.45) is 5.73 Å². The number of aromatic nitrogens is 2. The molecule has 0 aliphatic heterocycles. The molecule has 0 fully saturated rings. The molecular weight excluding hydrogens is 254 g/mol. The predicted molar refractivity (Wildman–Crippen MR) is 65.8 cm³/mol. The molecule has 0 spiro atoms. The minimum absolute atomic E-state index is 0.209. The number of nitrogens with two attached hydrogens (primary N) is 1. The largest absolute Gasteiger partial charge is 0.325 e. The van der Waals surface area contributed by atoms with Crippen molar-refractivity contribution in [3.8, 4) is 0 Å². The number of hydrogen-bond acceptors (Lipinski definition) is 2. The van der Waals surface area contributed by atoms with Crippen molar-refractivity contribution >= 4 is 26.8 Å². The summed E-state index contributed by atoms with van der Waals surface area (Å²) in [6, 6.07) is 6.14. The first-order valence-electron chi connectivity index (χ1n) is 4.88. The standard InChI is InChI=1S/C11H14BrN3/c1-11(2,13)6-7-4-3-5-8-9(7)14-15-10(8)12/h3-5H,6,13H2,1-2H3,(H,14,15). The highest BCUT2D eigenvalue weighted by Gasteiger charge is 2.15. The van der Waals surface area contributed by atoms with Gasteiger partial charge < -0.3 is 5.73 Å². The second-order valence-corrected chi connectivity index (χ2v) is 5.31. The number of para-hydroxylation sites is 1. The fraction of sp³-hybridized carbons (Fsp3) is 0.364. The third-order valence-corrected chi connectivity index (χ3v) is 2.87. The van der Waals surface area contributed by atoms with Gasteiger partial charge in [-0.15, -0.1) is 0 Å². The van der Waals surface area contributed by atoms with Crippen LogP contribution in [0.4, 0.5) is 0 Å². The van der Waals surface area contributed by atoms with Crippen LogP contribution in [-0.2, 0) is 6.42 Å². The van der Waals surface area contributed by atoms with Gasteiger partial charge in [0.2, 0.25) is 0 Å². The number of benzene rings is 1. The van der Waals surface area contributed by atoms with Crippen LogP contribution < -0.4 is 5.73 Å². The SMILES string of the molecule is CC(C)(N)Cc1cccc2c(Br)[nH]nc12. The van der Waals surface area contributed by atoms with E-state index in [2.05, 4.69) is 32.2 Å². The van der Waals surface area contributed by atoms with Crippen LogP contribution in [0.15, 0.2) is 22.8 Å². The normalized spacial score (nSPS) is 12.3. The Hall–Kier alpha value is -0.870. The molecule has 0 amide bonds. The van der Waals surface area contributed by atoms with Gasteiger partial charge in [-0.05, 0) is 41.8 Å². The van der Waals surface area contributed by atoms with E-state index in [1.165, 1.54) is 5.56 Å². The summed E-state index contributed by atoms with van der Waals surface area (Å²) in [5.41, 5.74) is 7.99. The zero-order chi connectivity index (χ0) is 11.1. The van der Waals surface area contributed by atoms with Crippen LogP contribution in [0.1, 0.15) is 19.4 Å². The summed E-state index contributed by atoms with van der Waals surface area (Å²) >= 11 is 3.43. The van der Waals surface area contributed by atoms with Gasteiger partial charge in [0.25, 0.3) is 0 Å². The number of aromatic amines is 1. The molecule has 0 saturated carbocycles. The van der Waals surface area contributed by atoms with E-state index in [1.54, 1.807) is 0 Å². The van der Waals surface area contributed by atoms with Gasteiger partial charge in [-0.3, -0.25) is 5.10 Å². The molecule has 2 rings (SSSR count). The Morgan fingerprint density at radius 2 is 2.20 bits per heavy atom. The minimum atomic E-state index is -0.209. The average molecular weight is 268 g/mol. The Balaban J connectivity index is 2.52. The summed E-state index contributed by atoms with van der Waals surface area (Å²) in [6.45, 7) is 4.04. The fourth-order valence-corrected chi connectivity index (χ4v) is 2.11. The topological polar surface area (TPSA) is 54.7 Å². The molecule has 1 heterocycles. The van der Waals surface area contributed by atoms with Gasteiger partial charge in [-0.1, -0.05) is 18.2 Å². The number of nitrogens with one attached hydrogen (secondary N) is 1. The summed E-state index contributed by atoms with van der Waals surface area (Å²) in [5, 5.41) is 8.31. The van der Waals surface area contributed by atoms with Crippen molar-refractivity contribution in [1.29, 1.82) is 0 Å². The van der Waals surface area contributed by atoms with Gasteiger partial charge in [0.05, 0.1) is 5.52 Å². The Labute approximate surface area is 97.2 Å². The molecule has 0 aliphatic carbocycles. The van der Waals surface area contributed by atoms with Crippen molar-refractivity contribution < 1.29 is 0 Å². The first-order valence-corrected chi connectivity index (χ1v) is 5.67. The molecule has 1 aromatic heterocycles. The van der Waals surface area contributed by atoms with E-state index in [4.69, 9.17) is 5.73 Å². The smallest absolute Gasteiger partial charge is 0.108 e. The first-order chi connectivity index (χ1) is 6.97. The van der Waals surface area contributed by atoms with Gasteiger partial charge in [-0.2, -0.15) is 5.10 Å². The number of hydrogen-bond donors (Lipinski definition) is 2. The lowest BCUT2D eigenvalue weighted by molar-refractivity contribution is 0.518. The van der Waals surface area contributed by atoms with Gasteiger partial charge in [0.1, 0.15) is 4.60 Å². The first kappa shape index (κ1) is 10.6. The molecule has 0 saturated heterocycles. The van der Waals surface area contributed by atoms with E-state index < -0.39 is 0 Å². The molecule has 4 heteroatoms. The molecule has 0 atom stereocenters. The van der Waals surface area contributed by atoms with Crippen molar-refractivity contribution in [3.63, 3.8) is 0 Å². The lowest BCUT2D eigenvalue weighted by Gasteiger charge is -2.18. The minimum Gasteiger partial charge on any atom is -0.325 e. The molecule has 3 N–H and O–H groups in total. The van der Waals surface area contributed by atoms with Crippen LogP contribution in [-0.4, -0.2) is 15.7 Å². The molecule has 0 aliphatic rings. The highest BCUT2D eigenvalue weighted by molar-refractivity contribution is 9.10. The average Bonchev–Trinajstić information content (AvgIpc) is 2.47. The van der Waals surface area contributed by atoms with Crippen LogP contribution in [0, 0.1) is 0 Å². The monoisotopic (exact) mass is 267 g/mol. The maximum Gasteiger partial charge on any atom is 0.108 e. The maximum atomic E-state index is 6.02. The van der Waals surface area contributed by atoms with Crippen molar-refractivity contribution in [2.45, 2.75) is 25.8 Å². The van der Waals surface area contributed by atoms with Crippen LogP contribution in [0.5, 0.6) is 0 Å². The summed E-state index contributed by atoms with van der Waals surface area (Å²) in [4.78, 5) is 0. The van der Waals surface area contributed by atoms with Crippen LogP contribution >= 0.6 is 15.9 Å². The fourth-order valence-electron chi connectivity index (χ4n) is 1.70. The molecule has 3 nitrogen and oxygen atoms in total. The number of halogens is 1. The van der Waals surface area contributed by atoms with E-state index in [-0.39, 0.29) is 5.54 Å². The van der Waals surface area contributed by atoms with E-state index >= 15 is 0 Å². The van der Waals surface area contributed by atoms with E-state index in [0.29, 0.717) is 0 Å². The quantitative estimate of drug-likeness (QED) is 0.879. The molecule has 0 unspecified atom stereocenters. The highest BCUT2D eigenvalue weighted by Crippen LogP contribution is 2.25. The van der Waals surface area contributed by atoms with Crippen LogP contribution in [0.2, 0.25) is 0 Å². The molecule has 1 aromatic carbocycles. The second kappa shape index (κ2) is 3.61. The molecule has 15 heavy (non-hydrogen) atoms. The number of H-pyrrole nitrogens is 1. The molecule has 0 bridgehead atoms. The number of nitrogens with zero attached hydrogens (tertiary/aromatic N) is 1. The lowest BCUT2D eigenvalue weighted by Crippen LogP contribution is -2.34. The summed E-state index contributed by atoms with van der Waals surface area (Å²) in [6.07, 6.45) is 0.821. The van der Waals surface area contributed by atoms with Gasteiger partial charge in [0, 0.05) is 10.9 Å². The van der Waals surface area contributed by atoms with Crippen LogP contribution in [0.3, 0.4) is 0 Å². The second-order valence-electron chi connectivity index (χ2n) is 4.52. The number of fused-ring (bicyclic) bond motifs is 1. The predicted octanol–water partition coefficient (Wildman–Crippen LogP) is 2.61. The molecule has 2 aromatic rings. The van der Waals surface area contributed by atoms with Gasteiger partial charge in [0.15, 0.2) is 0 Å². The van der Waals surface area contributed by atoms with Crippen LogP contribution in [0.25, 0.3) is 10.9 Å². The Kier molecular flexibility index (Phi) is 2.56. The lowest BCUT2D eigenvalue weighted by atomic mass is 9.95. The maximum absolute atomic E-state index is 6.02. The van der Waals surface area contributed by atoms with E-state index in [1.807, 2.05) is 26.0 Å². The third kappa shape index (κ3) is 2.21.